The number of hydrogen-bond donors (Lipinski definition) is 1. The van der Waals surface area contributed by atoms with Gasteiger partial charge in [-0.2, -0.15) is 13.2 Å². The van der Waals surface area contributed by atoms with E-state index in [1.54, 1.807) is 0 Å². The normalized spacial score (nSPS) is 11.1. The van der Waals surface area contributed by atoms with E-state index in [4.69, 9.17) is 11.6 Å². The third-order valence-electron chi connectivity index (χ3n) is 1.66. The summed E-state index contributed by atoms with van der Waals surface area (Å²) in [5.41, 5.74) is 0.440. The van der Waals surface area contributed by atoms with Crippen LogP contribution in [0.15, 0.2) is 24.3 Å². The molecule has 1 aromatic carbocycles. The summed E-state index contributed by atoms with van der Waals surface area (Å²) in [6.45, 7) is -1.35. The molecule has 1 N–H and O–H groups in total. The maximum Gasteiger partial charge on any atom is 0.422 e. The Morgan fingerprint density at radius 3 is 2.35 bits per heavy atom. The fraction of sp³-hybridized carbons (Fsp3) is 0.300. The Morgan fingerprint density at radius 1 is 1.29 bits per heavy atom. The average Bonchev–Trinajstić information content (AvgIpc) is 2.27. The standard InChI is InChI=1S/C10H9ClF3NO2/c11-5-9(16)15-7-1-3-8(4-2-7)17-6-10(12,13)14/h1-4H,5-6H2,(H,15,16). The van der Waals surface area contributed by atoms with E-state index < -0.39 is 18.7 Å². The second-order valence-corrected chi connectivity index (χ2v) is 3.38. The van der Waals surface area contributed by atoms with Crippen LogP contribution in [0, 0.1) is 0 Å². The second-order valence-electron chi connectivity index (χ2n) is 3.11. The third kappa shape index (κ3) is 5.44. The third-order valence-corrected chi connectivity index (χ3v) is 1.90. The van der Waals surface area contributed by atoms with Crippen molar-refractivity contribution >= 4 is 23.2 Å². The van der Waals surface area contributed by atoms with Crippen LogP contribution in [0.3, 0.4) is 0 Å². The molecular formula is C10H9ClF3NO2. The molecule has 3 nitrogen and oxygen atoms in total. The zero-order valence-electron chi connectivity index (χ0n) is 8.55. The predicted octanol–water partition coefficient (Wildman–Crippen LogP) is 2.81. The van der Waals surface area contributed by atoms with Crippen molar-refractivity contribution in [2.75, 3.05) is 17.8 Å². The van der Waals surface area contributed by atoms with E-state index in [0.29, 0.717) is 5.69 Å². The minimum atomic E-state index is -4.37. The van der Waals surface area contributed by atoms with Crippen molar-refractivity contribution in [1.29, 1.82) is 0 Å². The number of nitrogens with one attached hydrogen (secondary N) is 1. The van der Waals surface area contributed by atoms with E-state index in [-0.39, 0.29) is 11.6 Å². The van der Waals surface area contributed by atoms with Gasteiger partial charge in [-0.25, -0.2) is 0 Å². The van der Waals surface area contributed by atoms with Crippen molar-refractivity contribution in [3.05, 3.63) is 24.3 Å². The molecule has 1 amide bonds. The second kappa shape index (κ2) is 5.77. The number of benzene rings is 1. The number of rotatable bonds is 4. The molecule has 0 heterocycles. The van der Waals surface area contributed by atoms with Crippen molar-refractivity contribution in [3.63, 3.8) is 0 Å². The maximum atomic E-state index is 11.8. The average molecular weight is 268 g/mol. The number of carbonyl (C=O) groups excluding carboxylic acids is 1. The lowest BCUT2D eigenvalue weighted by molar-refractivity contribution is -0.153. The van der Waals surface area contributed by atoms with Crippen LogP contribution >= 0.6 is 11.6 Å². The van der Waals surface area contributed by atoms with Crippen molar-refractivity contribution in [1.82, 2.24) is 0 Å². The lowest BCUT2D eigenvalue weighted by Gasteiger charge is -2.09. The maximum absolute atomic E-state index is 11.8. The molecule has 1 rings (SSSR count). The highest BCUT2D eigenvalue weighted by Crippen LogP contribution is 2.20. The van der Waals surface area contributed by atoms with Crippen LogP contribution in [-0.4, -0.2) is 24.6 Å². The first-order valence-corrected chi connectivity index (χ1v) is 5.09. The summed E-state index contributed by atoms with van der Waals surface area (Å²) in [5, 5.41) is 2.44. The molecule has 0 bridgehead atoms. The summed E-state index contributed by atoms with van der Waals surface area (Å²) < 4.78 is 40.0. The van der Waals surface area contributed by atoms with Crippen LogP contribution in [0.4, 0.5) is 18.9 Å². The lowest BCUT2D eigenvalue weighted by Crippen LogP contribution is -2.19. The van der Waals surface area contributed by atoms with E-state index in [0.717, 1.165) is 0 Å². The molecule has 0 radical (unpaired) electrons. The van der Waals surface area contributed by atoms with Crippen LogP contribution in [0.2, 0.25) is 0 Å². The van der Waals surface area contributed by atoms with Gasteiger partial charge in [-0.1, -0.05) is 0 Å². The van der Waals surface area contributed by atoms with E-state index in [1.165, 1.54) is 24.3 Å². The number of amides is 1. The molecule has 0 atom stereocenters. The Hall–Kier alpha value is -1.43. The van der Waals surface area contributed by atoms with Gasteiger partial charge in [0.25, 0.3) is 0 Å². The number of anilines is 1. The van der Waals surface area contributed by atoms with Gasteiger partial charge in [0.2, 0.25) is 5.91 Å². The zero-order valence-corrected chi connectivity index (χ0v) is 9.31. The molecule has 0 aromatic heterocycles. The number of hydrogen-bond acceptors (Lipinski definition) is 2. The summed E-state index contributed by atoms with van der Waals surface area (Å²) in [4.78, 5) is 10.9. The fourth-order valence-corrected chi connectivity index (χ4v) is 1.06. The molecular weight excluding hydrogens is 259 g/mol. The molecule has 0 saturated heterocycles. The van der Waals surface area contributed by atoms with Gasteiger partial charge in [0.05, 0.1) is 0 Å². The fourth-order valence-electron chi connectivity index (χ4n) is 0.994. The van der Waals surface area contributed by atoms with Gasteiger partial charge in [0, 0.05) is 5.69 Å². The van der Waals surface area contributed by atoms with E-state index in [1.807, 2.05) is 0 Å². The van der Waals surface area contributed by atoms with Crippen molar-refractivity contribution in [3.8, 4) is 5.75 Å². The molecule has 0 saturated carbocycles. The first kappa shape index (κ1) is 13.6. The Labute approximate surface area is 101 Å². The molecule has 0 spiro atoms. The van der Waals surface area contributed by atoms with Crippen molar-refractivity contribution in [2.24, 2.45) is 0 Å². The topological polar surface area (TPSA) is 38.3 Å². The van der Waals surface area contributed by atoms with E-state index in [2.05, 4.69) is 10.1 Å². The Morgan fingerprint density at radius 2 is 1.88 bits per heavy atom. The van der Waals surface area contributed by atoms with Gasteiger partial charge in [-0.15, -0.1) is 11.6 Å². The van der Waals surface area contributed by atoms with Gasteiger partial charge in [-0.3, -0.25) is 4.79 Å². The minimum Gasteiger partial charge on any atom is -0.484 e. The molecule has 17 heavy (non-hydrogen) atoms. The summed E-state index contributed by atoms with van der Waals surface area (Å²) in [5.74, 6) is -0.506. The Bertz CT molecular complexity index is 378. The summed E-state index contributed by atoms with van der Waals surface area (Å²) in [6, 6.07) is 5.51. The summed E-state index contributed by atoms with van der Waals surface area (Å²) in [6.07, 6.45) is -4.37. The molecule has 7 heteroatoms. The number of halogens is 4. The van der Waals surface area contributed by atoms with Crippen LogP contribution in [0.25, 0.3) is 0 Å². The Kier molecular flexibility index (Phi) is 4.62. The molecule has 94 valence electrons. The molecule has 1 aromatic rings. The monoisotopic (exact) mass is 267 g/mol. The zero-order chi connectivity index (χ0) is 12.9. The number of alkyl halides is 4. The first-order valence-electron chi connectivity index (χ1n) is 4.56. The minimum absolute atomic E-state index is 0.0752. The van der Waals surface area contributed by atoms with Gasteiger partial charge >= 0.3 is 6.18 Å². The molecule has 0 aliphatic carbocycles. The lowest BCUT2D eigenvalue weighted by atomic mass is 10.3. The van der Waals surface area contributed by atoms with Gasteiger partial charge in [0.15, 0.2) is 6.61 Å². The smallest absolute Gasteiger partial charge is 0.422 e. The SMILES string of the molecule is O=C(CCl)Nc1ccc(OCC(F)(F)F)cc1. The predicted molar refractivity (Wildman–Crippen MR) is 57.3 cm³/mol. The van der Waals surface area contributed by atoms with Crippen LogP contribution in [0.1, 0.15) is 0 Å². The van der Waals surface area contributed by atoms with E-state index in [9.17, 15) is 18.0 Å². The molecule has 0 fully saturated rings. The van der Waals surface area contributed by atoms with Crippen molar-refractivity contribution in [2.45, 2.75) is 6.18 Å². The first-order chi connectivity index (χ1) is 7.90. The Balaban J connectivity index is 2.53. The van der Waals surface area contributed by atoms with Crippen LogP contribution in [-0.2, 0) is 4.79 Å². The van der Waals surface area contributed by atoms with Crippen LogP contribution in [0.5, 0.6) is 5.75 Å². The quantitative estimate of drug-likeness (QED) is 0.852. The van der Waals surface area contributed by atoms with Gasteiger partial charge in [0.1, 0.15) is 11.6 Å². The molecule has 0 unspecified atom stereocenters. The molecule has 0 aliphatic rings. The number of ether oxygens (including phenoxy) is 1. The largest absolute Gasteiger partial charge is 0.484 e. The van der Waals surface area contributed by atoms with Gasteiger partial charge < -0.3 is 10.1 Å². The molecule has 0 aliphatic heterocycles. The van der Waals surface area contributed by atoms with Gasteiger partial charge in [-0.05, 0) is 24.3 Å². The highest BCUT2D eigenvalue weighted by Gasteiger charge is 2.28. The van der Waals surface area contributed by atoms with Crippen LogP contribution < -0.4 is 10.1 Å². The summed E-state index contributed by atoms with van der Waals surface area (Å²) >= 11 is 5.27. The van der Waals surface area contributed by atoms with E-state index >= 15 is 0 Å². The summed E-state index contributed by atoms with van der Waals surface area (Å²) in [7, 11) is 0. The number of carbonyl (C=O) groups is 1. The highest BCUT2D eigenvalue weighted by atomic mass is 35.5. The highest BCUT2D eigenvalue weighted by molar-refractivity contribution is 6.29. The van der Waals surface area contributed by atoms with Crippen molar-refractivity contribution < 1.29 is 22.7 Å².